The number of methoxy groups -OCH3 is 1. The lowest BCUT2D eigenvalue weighted by atomic mass is 9.93. The maximum atomic E-state index is 13.2. The zero-order valence-corrected chi connectivity index (χ0v) is 19.8. The molecule has 0 aromatic heterocycles. The number of amides is 1. The standard InChI is InChI=1S/C26H31NO6/c1-6-32-20-9-7-8-18(15-20)23-22(24(28)21-11-10-19(31-5)14-17(21)4)25(29)26(30)27(23)12-13-33-16(2)3/h7-11,14-16,23,28H,6,12-13H2,1-5H3/b24-22+. The van der Waals surface area contributed by atoms with Crippen LogP contribution in [0.5, 0.6) is 11.5 Å². The summed E-state index contributed by atoms with van der Waals surface area (Å²) in [6.45, 7) is 8.48. The third kappa shape index (κ3) is 5.20. The van der Waals surface area contributed by atoms with Crippen LogP contribution in [0.15, 0.2) is 48.0 Å². The van der Waals surface area contributed by atoms with Crippen molar-refractivity contribution in [2.45, 2.75) is 39.8 Å². The van der Waals surface area contributed by atoms with E-state index < -0.39 is 17.7 Å². The summed E-state index contributed by atoms with van der Waals surface area (Å²) in [5, 5.41) is 11.3. The Morgan fingerprint density at radius 2 is 1.88 bits per heavy atom. The van der Waals surface area contributed by atoms with Gasteiger partial charge in [0, 0.05) is 12.1 Å². The zero-order valence-electron chi connectivity index (χ0n) is 19.8. The number of aryl methyl sites for hydroxylation is 1. The molecule has 1 saturated heterocycles. The van der Waals surface area contributed by atoms with Gasteiger partial charge in [-0.2, -0.15) is 0 Å². The first-order valence-electron chi connectivity index (χ1n) is 11.1. The Labute approximate surface area is 194 Å². The van der Waals surface area contributed by atoms with E-state index in [0.717, 1.165) is 5.56 Å². The molecule has 176 valence electrons. The second kappa shape index (κ2) is 10.5. The number of Topliss-reactive ketones (excluding diaryl/α,β-unsaturated/α-hetero) is 1. The van der Waals surface area contributed by atoms with E-state index in [4.69, 9.17) is 14.2 Å². The number of carbonyl (C=O) groups is 2. The summed E-state index contributed by atoms with van der Waals surface area (Å²) >= 11 is 0. The molecule has 2 aromatic carbocycles. The fraction of sp³-hybridized carbons (Fsp3) is 0.385. The maximum Gasteiger partial charge on any atom is 0.295 e. The molecule has 1 heterocycles. The number of ketones is 1. The van der Waals surface area contributed by atoms with Crippen LogP contribution in [-0.2, 0) is 14.3 Å². The minimum atomic E-state index is -0.761. The molecule has 1 unspecified atom stereocenters. The highest BCUT2D eigenvalue weighted by molar-refractivity contribution is 6.46. The highest BCUT2D eigenvalue weighted by Gasteiger charge is 2.46. The van der Waals surface area contributed by atoms with Gasteiger partial charge in [-0.25, -0.2) is 0 Å². The first-order chi connectivity index (χ1) is 15.8. The Bertz CT molecular complexity index is 1060. The molecular weight excluding hydrogens is 422 g/mol. The van der Waals surface area contributed by atoms with Gasteiger partial charge in [0.25, 0.3) is 11.7 Å². The lowest BCUT2D eigenvalue weighted by Crippen LogP contribution is -2.33. The van der Waals surface area contributed by atoms with Crippen molar-refractivity contribution < 1.29 is 28.9 Å². The Kier molecular flexibility index (Phi) is 7.76. The molecular formula is C26H31NO6. The summed E-state index contributed by atoms with van der Waals surface area (Å²) in [6, 6.07) is 11.6. The number of rotatable bonds is 9. The molecule has 7 nitrogen and oxygen atoms in total. The monoisotopic (exact) mass is 453 g/mol. The summed E-state index contributed by atoms with van der Waals surface area (Å²) in [7, 11) is 1.56. The van der Waals surface area contributed by atoms with Gasteiger partial charge in [-0.1, -0.05) is 12.1 Å². The topological polar surface area (TPSA) is 85.3 Å². The van der Waals surface area contributed by atoms with Gasteiger partial charge in [0.1, 0.15) is 17.3 Å². The predicted octanol–water partition coefficient (Wildman–Crippen LogP) is 4.25. The van der Waals surface area contributed by atoms with Crippen LogP contribution in [0.1, 0.15) is 43.5 Å². The predicted molar refractivity (Wildman–Crippen MR) is 125 cm³/mol. The van der Waals surface area contributed by atoms with Crippen molar-refractivity contribution in [3.05, 3.63) is 64.7 Å². The SMILES string of the molecule is CCOc1cccc(C2/C(=C(\O)c3ccc(OC)cc3C)C(=O)C(=O)N2CCOC(C)C)c1. The molecule has 0 saturated carbocycles. The Morgan fingerprint density at radius 1 is 1.12 bits per heavy atom. The minimum absolute atomic E-state index is 0.0106. The Hall–Kier alpha value is -3.32. The van der Waals surface area contributed by atoms with Crippen LogP contribution in [0, 0.1) is 6.92 Å². The quantitative estimate of drug-likeness (QED) is 0.347. The fourth-order valence-corrected chi connectivity index (χ4v) is 3.96. The van der Waals surface area contributed by atoms with E-state index in [9.17, 15) is 14.7 Å². The van der Waals surface area contributed by atoms with Gasteiger partial charge >= 0.3 is 0 Å². The van der Waals surface area contributed by atoms with E-state index in [-0.39, 0.29) is 30.6 Å². The average molecular weight is 454 g/mol. The van der Waals surface area contributed by atoms with Gasteiger partial charge in [0.2, 0.25) is 0 Å². The molecule has 0 radical (unpaired) electrons. The third-order valence-corrected chi connectivity index (χ3v) is 5.50. The second-order valence-electron chi connectivity index (χ2n) is 8.10. The minimum Gasteiger partial charge on any atom is -0.507 e. The summed E-state index contributed by atoms with van der Waals surface area (Å²) in [6.07, 6.45) is -0.0106. The molecule has 7 heteroatoms. The normalized spacial score (nSPS) is 17.6. The third-order valence-electron chi connectivity index (χ3n) is 5.50. The van der Waals surface area contributed by atoms with Crippen molar-refractivity contribution >= 4 is 17.4 Å². The van der Waals surface area contributed by atoms with Crippen LogP contribution in [0.3, 0.4) is 0 Å². The molecule has 1 amide bonds. The number of aliphatic hydroxyl groups excluding tert-OH is 1. The number of benzene rings is 2. The summed E-state index contributed by atoms with van der Waals surface area (Å²) in [5.41, 5.74) is 1.92. The lowest BCUT2D eigenvalue weighted by Gasteiger charge is -2.26. The first kappa shape index (κ1) is 24.3. The number of carbonyl (C=O) groups excluding carboxylic acids is 2. The molecule has 1 atom stereocenters. The van der Waals surface area contributed by atoms with Crippen molar-refractivity contribution in [3.8, 4) is 11.5 Å². The molecule has 2 aromatic rings. The summed E-state index contributed by atoms with van der Waals surface area (Å²) in [5.74, 6) is -0.343. The Morgan fingerprint density at radius 3 is 2.52 bits per heavy atom. The number of hydrogen-bond donors (Lipinski definition) is 1. The smallest absolute Gasteiger partial charge is 0.295 e. The van der Waals surface area contributed by atoms with Crippen LogP contribution < -0.4 is 9.47 Å². The van der Waals surface area contributed by atoms with Crippen molar-refractivity contribution in [2.24, 2.45) is 0 Å². The number of ether oxygens (including phenoxy) is 3. The molecule has 0 aliphatic carbocycles. The van der Waals surface area contributed by atoms with Gasteiger partial charge in [0.15, 0.2) is 0 Å². The number of aliphatic hydroxyl groups is 1. The van der Waals surface area contributed by atoms with Gasteiger partial charge < -0.3 is 24.2 Å². The molecule has 33 heavy (non-hydrogen) atoms. The average Bonchev–Trinajstić information content (AvgIpc) is 3.04. The van der Waals surface area contributed by atoms with Gasteiger partial charge in [-0.15, -0.1) is 0 Å². The van der Waals surface area contributed by atoms with E-state index in [1.54, 1.807) is 31.4 Å². The van der Waals surface area contributed by atoms with Gasteiger partial charge in [-0.05, 0) is 69.2 Å². The van der Waals surface area contributed by atoms with Crippen LogP contribution >= 0.6 is 0 Å². The largest absolute Gasteiger partial charge is 0.507 e. The zero-order chi connectivity index (χ0) is 24.1. The molecule has 0 spiro atoms. The fourth-order valence-electron chi connectivity index (χ4n) is 3.96. The molecule has 1 N–H and O–H groups in total. The van der Waals surface area contributed by atoms with Crippen LogP contribution in [0.4, 0.5) is 0 Å². The van der Waals surface area contributed by atoms with E-state index in [0.29, 0.717) is 29.2 Å². The van der Waals surface area contributed by atoms with Crippen LogP contribution in [0.2, 0.25) is 0 Å². The summed E-state index contributed by atoms with van der Waals surface area (Å²) < 4.78 is 16.5. The van der Waals surface area contributed by atoms with E-state index in [2.05, 4.69) is 0 Å². The second-order valence-corrected chi connectivity index (χ2v) is 8.10. The molecule has 0 bridgehead atoms. The molecule has 3 rings (SSSR count). The van der Waals surface area contributed by atoms with E-state index in [1.807, 2.05) is 45.9 Å². The van der Waals surface area contributed by atoms with E-state index in [1.165, 1.54) is 4.90 Å². The number of hydrogen-bond acceptors (Lipinski definition) is 6. The van der Waals surface area contributed by atoms with Crippen molar-refractivity contribution in [3.63, 3.8) is 0 Å². The number of nitrogens with zero attached hydrogens (tertiary/aromatic N) is 1. The highest BCUT2D eigenvalue weighted by atomic mass is 16.5. The summed E-state index contributed by atoms with van der Waals surface area (Å²) in [4.78, 5) is 27.6. The number of likely N-dealkylation sites (tertiary alicyclic amines) is 1. The van der Waals surface area contributed by atoms with Gasteiger partial charge in [-0.3, -0.25) is 9.59 Å². The van der Waals surface area contributed by atoms with E-state index >= 15 is 0 Å². The Balaban J connectivity index is 2.13. The lowest BCUT2D eigenvalue weighted by molar-refractivity contribution is -0.140. The molecule has 1 aliphatic heterocycles. The first-order valence-corrected chi connectivity index (χ1v) is 11.1. The maximum absolute atomic E-state index is 13.2. The van der Waals surface area contributed by atoms with Crippen molar-refractivity contribution in [1.29, 1.82) is 0 Å². The van der Waals surface area contributed by atoms with Crippen LogP contribution in [-0.4, -0.2) is 54.7 Å². The molecule has 1 fully saturated rings. The van der Waals surface area contributed by atoms with Crippen molar-refractivity contribution in [2.75, 3.05) is 26.9 Å². The van der Waals surface area contributed by atoms with Crippen LogP contribution in [0.25, 0.3) is 5.76 Å². The highest BCUT2D eigenvalue weighted by Crippen LogP contribution is 2.40. The van der Waals surface area contributed by atoms with Gasteiger partial charge in [0.05, 0.1) is 38.0 Å². The van der Waals surface area contributed by atoms with Crippen molar-refractivity contribution in [1.82, 2.24) is 4.90 Å². The molecule has 1 aliphatic rings.